The third kappa shape index (κ3) is 4.13. The lowest BCUT2D eigenvalue weighted by Gasteiger charge is -2.22. The average Bonchev–Trinajstić information content (AvgIpc) is 3.14. The van der Waals surface area contributed by atoms with Crippen molar-refractivity contribution in [3.05, 3.63) is 45.9 Å². The van der Waals surface area contributed by atoms with E-state index >= 15 is 0 Å². The molecule has 0 bridgehead atoms. The molecule has 1 aliphatic heterocycles. The van der Waals surface area contributed by atoms with Crippen LogP contribution in [0.4, 0.5) is 5.13 Å². The Bertz CT molecular complexity index is 1230. The molecule has 156 valence electrons. The Morgan fingerprint density at radius 3 is 2.67 bits per heavy atom. The first kappa shape index (κ1) is 20.6. The van der Waals surface area contributed by atoms with Gasteiger partial charge in [-0.3, -0.25) is 15.1 Å². The van der Waals surface area contributed by atoms with Gasteiger partial charge >= 0.3 is 0 Å². The van der Waals surface area contributed by atoms with Gasteiger partial charge in [-0.2, -0.15) is 0 Å². The smallest absolute Gasteiger partial charge is 0.259 e. The summed E-state index contributed by atoms with van der Waals surface area (Å²) in [6.07, 6.45) is 2.95. The van der Waals surface area contributed by atoms with Gasteiger partial charge in [0.2, 0.25) is 5.13 Å². The molecule has 0 radical (unpaired) electrons. The summed E-state index contributed by atoms with van der Waals surface area (Å²) in [5, 5.41) is 11.8. The molecule has 1 aliphatic rings. The van der Waals surface area contributed by atoms with Crippen LogP contribution < -0.4 is 10.1 Å². The topological polar surface area (TPSA) is 124 Å². The number of ether oxygens (including phenoxy) is 1. The number of carbonyl (C=O) groups is 1. The lowest BCUT2D eigenvalue weighted by molar-refractivity contribution is 0.102. The number of aryl methyl sites for hydroxylation is 1. The second kappa shape index (κ2) is 7.89. The average molecular weight is 466 g/mol. The SMILES string of the molecule is COc1cnc(Cl)cc1-c1cc(C)ncc1C(=O)Nc1nnc(C2CS(=O)(=O)C2)s1. The summed E-state index contributed by atoms with van der Waals surface area (Å²) in [5.41, 5.74) is 2.19. The highest BCUT2D eigenvalue weighted by Crippen LogP contribution is 2.35. The van der Waals surface area contributed by atoms with Gasteiger partial charge in [0.25, 0.3) is 5.91 Å². The Kier molecular flexibility index (Phi) is 5.43. The second-order valence-electron chi connectivity index (χ2n) is 6.75. The Morgan fingerprint density at radius 1 is 1.20 bits per heavy atom. The number of anilines is 1. The molecule has 1 saturated heterocycles. The van der Waals surface area contributed by atoms with Crippen LogP contribution in [0.5, 0.6) is 5.75 Å². The predicted octanol–water partition coefficient (Wildman–Crippen LogP) is 2.73. The normalized spacial score (nSPS) is 15.4. The third-order valence-electron chi connectivity index (χ3n) is 4.55. The van der Waals surface area contributed by atoms with Gasteiger partial charge in [-0.15, -0.1) is 10.2 Å². The van der Waals surface area contributed by atoms with Crippen molar-refractivity contribution in [2.45, 2.75) is 12.8 Å². The van der Waals surface area contributed by atoms with Gasteiger partial charge in [-0.25, -0.2) is 13.4 Å². The van der Waals surface area contributed by atoms with Crippen LogP contribution in [0.2, 0.25) is 5.15 Å². The zero-order valence-corrected chi connectivity index (χ0v) is 18.3. The van der Waals surface area contributed by atoms with Crippen molar-refractivity contribution in [1.29, 1.82) is 0 Å². The molecule has 0 saturated carbocycles. The molecule has 1 fully saturated rings. The summed E-state index contributed by atoms with van der Waals surface area (Å²) < 4.78 is 28.1. The number of amides is 1. The van der Waals surface area contributed by atoms with E-state index in [0.29, 0.717) is 33.1 Å². The summed E-state index contributed by atoms with van der Waals surface area (Å²) in [4.78, 5) is 21.2. The number of methoxy groups -OCH3 is 1. The monoisotopic (exact) mass is 465 g/mol. The number of nitrogens with one attached hydrogen (secondary N) is 1. The molecular weight excluding hydrogens is 450 g/mol. The first-order valence-electron chi connectivity index (χ1n) is 8.77. The summed E-state index contributed by atoms with van der Waals surface area (Å²) in [5.74, 6) is -0.0214. The van der Waals surface area contributed by atoms with E-state index in [1.807, 2.05) is 6.92 Å². The van der Waals surface area contributed by atoms with Crippen molar-refractivity contribution in [3.8, 4) is 16.9 Å². The minimum absolute atomic E-state index is 0.0597. The number of pyridine rings is 2. The van der Waals surface area contributed by atoms with Crippen LogP contribution in [-0.4, -0.2) is 53.1 Å². The minimum Gasteiger partial charge on any atom is -0.494 e. The summed E-state index contributed by atoms with van der Waals surface area (Å²) in [7, 11) is -1.46. The zero-order chi connectivity index (χ0) is 21.5. The molecule has 9 nitrogen and oxygen atoms in total. The standard InChI is InChI=1S/C18H16ClN5O4S2/c1-9-3-11(12-4-15(19)21-6-14(12)28-2)13(5-20-9)16(25)22-18-24-23-17(29-18)10-7-30(26,27)8-10/h3-6,10H,7-8H2,1-2H3,(H,22,24,25). The van der Waals surface area contributed by atoms with Crippen molar-refractivity contribution >= 4 is 43.8 Å². The quantitative estimate of drug-likeness (QED) is 0.570. The molecule has 30 heavy (non-hydrogen) atoms. The number of hydrogen-bond donors (Lipinski definition) is 1. The van der Waals surface area contributed by atoms with Crippen molar-refractivity contribution in [1.82, 2.24) is 20.2 Å². The maximum Gasteiger partial charge on any atom is 0.259 e. The Balaban J connectivity index is 1.63. The van der Waals surface area contributed by atoms with E-state index < -0.39 is 15.7 Å². The Hall–Kier alpha value is -2.63. The van der Waals surface area contributed by atoms with Gasteiger partial charge < -0.3 is 4.74 Å². The molecule has 0 aromatic carbocycles. The lowest BCUT2D eigenvalue weighted by atomic mass is 10.0. The van der Waals surface area contributed by atoms with Crippen LogP contribution in [-0.2, 0) is 9.84 Å². The molecule has 3 aromatic rings. The molecule has 4 heterocycles. The third-order valence-corrected chi connectivity index (χ3v) is 7.58. The van der Waals surface area contributed by atoms with Crippen LogP contribution in [0.3, 0.4) is 0 Å². The molecule has 1 N–H and O–H groups in total. The highest BCUT2D eigenvalue weighted by atomic mass is 35.5. The fourth-order valence-electron chi connectivity index (χ4n) is 3.08. The van der Waals surface area contributed by atoms with E-state index in [1.54, 1.807) is 12.1 Å². The number of carbonyl (C=O) groups excluding carboxylic acids is 1. The molecule has 0 atom stereocenters. The number of nitrogens with zero attached hydrogens (tertiary/aromatic N) is 4. The number of aromatic nitrogens is 4. The van der Waals surface area contributed by atoms with Crippen molar-refractivity contribution in [2.24, 2.45) is 0 Å². The highest BCUT2D eigenvalue weighted by molar-refractivity contribution is 7.92. The van der Waals surface area contributed by atoms with E-state index in [0.717, 1.165) is 11.3 Å². The molecule has 4 rings (SSSR count). The van der Waals surface area contributed by atoms with Gasteiger partial charge in [0.05, 0.1) is 30.4 Å². The van der Waals surface area contributed by atoms with E-state index in [2.05, 4.69) is 25.5 Å². The van der Waals surface area contributed by atoms with Gasteiger partial charge in [0.1, 0.15) is 15.9 Å². The molecule has 3 aromatic heterocycles. The zero-order valence-electron chi connectivity index (χ0n) is 15.9. The first-order valence-corrected chi connectivity index (χ1v) is 11.8. The van der Waals surface area contributed by atoms with Gasteiger partial charge in [0, 0.05) is 28.9 Å². The van der Waals surface area contributed by atoms with Crippen LogP contribution in [0.25, 0.3) is 11.1 Å². The molecule has 1 amide bonds. The number of rotatable bonds is 5. The van der Waals surface area contributed by atoms with Crippen LogP contribution in [0.1, 0.15) is 27.0 Å². The van der Waals surface area contributed by atoms with Gasteiger partial charge in [0.15, 0.2) is 9.84 Å². The fraction of sp³-hybridized carbons (Fsp3) is 0.278. The number of sulfone groups is 1. The van der Waals surface area contributed by atoms with E-state index in [9.17, 15) is 13.2 Å². The maximum atomic E-state index is 13.0. The lowest BCUT2D eigenvalue weighted by Crippen LogP contribution is -2.34. The molecule has 0 spiro atoms. The van der Waals surface area contributed by atoms with Crippen LogP contribution >= 0.6 is 22.9 Å². The molecule has 12 heteroatoms. The van der Waals surface area contributed by atoms with Crippen LogP contribution in [0.15, 0.2) is 24.5 Å². The minimum atomic E-state index is -2.97. The van der Waals surface area contributed by atoms with Crippen LogP contribution in [0, 0.1) is 6.92 Å². The van der Waals surface area contributed by atoms with Crippen molar-refractivity contribution in [3.63, 3.8) is 0 Å². The van der Waals surface area contributed by atoms with Gasteiger partial charge in [-0.1, -0.05) is 22.9 Å². The molecule has 0 aliphatic carbocycles. The van der Waals surface area contributed by atoms with E-state index in [4.69, 9.17) is 16.3 Å². The Morgan fingerprint density at radius 2 is 1.97 bits per heavy atom. The second-order valence-corrected chi connectivity index (χ2v) is 10.3. The summed E-state index contributed by atoms with van der Waals surface area (Å²) >= 11 is 7.22. The molecule has 0 unspecified atom stereocenters. The predicted molar refractivity (Wildman–Crippen MR) is 113 cm³/mol. The fourth-order valence-corrected chi connectivity index (χ4v) is 5.73. The van der Waals surface area contributed by atoms with Gasteiger partial charge in [-0.05, 0) is 19.1 Å². The summed E-state index contributed by atoms with van der Waals surface area (Å²) in [6, 6.07) is 3.37. The number of halogens is 1. The molecular formula is C18H16ClN5O4S2. The maximum absolute atomic E-state index is 13.0. The van der Waals surface area contributed by atoms with Crippen molar-refractivity contribution < 1.29 is 17.9 Å². The Labute approximate surface area is 181 Å². The first-order chi connectivity index (χ1) is 14.3. The highest BCUT2D eigenvalue weighted by Gasteiger charge is 2.37. The van der Waals surface area contributed by atoms with E-state index in [-0.39, 0.29) is 27.7 Å². The van der Waals surface area contributed by atoms with E-state index in [1.165, 1.54) is 19.5 Å². The van der Waals surface area contributed by atoms with Crippen molar-refractivity contribution in [2.75, 3.05) is 23.9 Å². The number of hydrogen-bond acceptors (Lipinski definition) is 9. The largest absolute Gasteiger partial charge is 0.494 e. The summed E-state index contributed by atoms with van der Waals surface area (Å²) in [6.45, 7) is 1.81.